The van der Waals surface area contributed by atoms with E-state index in [4.69, 9.17) is 0 Å². The lowest BCUT2D eigenvalue weighted by Gasteiger charge is -2.14. The summed E-state index contributed by atoms with van der Waals surface area (Å²) in [5.74, 6) is -2.57. The number of benzene rings is 1. The molecule has 0 aromatic heterocycles. The van der Waals surface area contributed by atoms with Gasteiger partial charge in [-0.25, -0.2) is 21.9 Å². The Balaban J connectivity index is 2.66. The minimum absolute atomic E-state index is 0.00670. The normalized spacial score (nSPS) is 11.4. The number of rotatable bonds is 6. The highest BCUT2D eigenvalue weighted by Crippen LogP contribution is 2.13. The predicted molar refractivity (Wildman–Crippen MR) is 69.5 cm³/mol. The van der Waals surface area contributed by atoms with Gasteiger partial charge in [0, 0.05) is 26.6 Å². The fourth-order valence-corrected chi connectivity index (χ4v) is 2.43. The molecule has 0 aliphatic rings. The van der Waals surface area contributed by atoms with Gasteiger partial charge >= 0.3 is 0 Å². The Kier molecular flexibility index (Phi) is 5.58. The van der Waals surface area contributed by atoms with Gasteiger partial charge in [0.15, 0.2) is 11.6 Å². The molecule has 1 N–H and O–H groups in total. The molecular formula is C12H16F2N2O3S. The van der Waals surface area contributed by atoms with Gasteiger partial charge in [-0.3, -0.25) is 4.79 Å². The molecule has 0 bridgehead atoms. The number of halogens is 2. The molecule has 0 aliphatic carbocycles. The first kappa shape index (κ1) is 16.5. The van der Waals surface area contributed by atoms with E-state index in [9.17, 15) is 22.0 Å². The minimum atomic E-state index is -3.96. The van der Waals surface area contributed by atoms with Gasteiger partial charge in [0.2, 0.25) is 15.9 Å². The third kappa shape index (κ3) is 4.24. The molecule has 1 rings (SSSR count). The number of nitrogens with zero attached hydrogens (tertiary/aromatic N) is 1. The van der Waals surface area contributed by atoms with E-state index in [1.165, 1.54) is 4.90 Å². The van der Waals surface area contributed by atoms with E-state index >= 15 is 0 Å². The van der Waals surface area contributed by atoms with Crippen molar-refractivity contribution in [2.45, 2.75) is 18.2 Å². The van der Waals surface area contributed by atoms with E-state index in [2.05, 4.69) is 4.72 Å². The number of hydrogen-bond donors (Lipinski definition) is 1. The summed E-state index contributed by atoms with van der Waals surface area (Å²) in [4.78, 5) is 12.5. The highest BCUT2D eigenvalue weighted by molar-refractivity contribution is 7.89. The van der Waals surface area contributed by atoms with Crippen LogP contribution in [0.3, 0.4) is 0 Å². The van der Waals surface area contributed by atoms with Gasteiger partial charge in [0.1, 0.15) is 0 Å². The van der Waals surface area contributed by atoms with Crippen molar-refractivity contribution >= 4 is 15.9 Å². The van der Waals surface area contributed by atoms with Crippen LogP contribution in [-0.2, 0) is 14.8 Å². The molecule has 0 saturated carbocycles. The average Bonchev–Trinajstić information content (AvgIpc) is 2.40. The van der Waals surface area contributed by atoms with Crippen molar-refractivity contribution in [2.75, 3.05) is 20.1 Å². The van der Waals surface area contributed by atoms with E-state index in [1.807, 2.05) is 0 Å². The van der Waals surface area contributed by atoms with E-state index in [-0.39, 0.29) is 23.8 Å². The lowest BCUT2D eigenvalue weighted by atomic mass is 10.3. The van der Waals surface area contributed by atoms with Crippen LogP contribution in [0.2, 0.25) is 0 Å². The molecule has 0 heterocycles. The monoisotopic (exact) mass is 306 g/mol. The molecular weight excluding hydrogens is 290 g/mol. The van der Waals surface area contributed by atoms with Gasteiger partial charge in [0.05, 0.1) is 4.90 Å². The smallest absolute Gasteiger partial charge is 0.240 e. The van der Waals surface area contributed by atoms with E-state index < -0.39 is 21.7 Å². The average molecular weight is 306 g/mol. The highest BCUT2D eigenvalue weighted by Gasteiger charge is 2.17. The van der Waals surface area contributed by atoms with E-state index in [0.29, 0.717) is 12.6 Å². The molecule has 0 radical (unpaired) electrons. The molecule has 112 valence electrons. The Morgan fingerprint density at radius 3 is 2.50 bits per heavy atom. The number of sulfonamides is 1. The molecule has 0 fully saturated rings. The van der Waals surface area contributed by atoms with Crippen LogP contribution in [0, 0.1) is 11.6 Å². The van der Waals surface area contributed by atoms with Gasteiger partial charge < -0.3 is 4.90 Å². The van der Waals surface area contributed by atoms with Crippen LogP contribution in [0.1, 0.15) is 13.3 Å². The summed E-state index contributed by atoms with van der Waals surface area (Å²) >= 11 is 0. The van der Waals surface area contributed by atoms with Crippen molar-refractivity contribution in [1.82, 2.24) is 9.62 Å². The lowest BCUT2D eigenvalue weighted by Crippen LogP contribution is -2.32. The Morgan fingerprint density at radius 1 is 1.30 bits per heavy atom. The van der Waals surface area contributed by atoms with Crippen LogP contribution in [0.15, 0.2) is 23.1 Å². The number of carbonyl (C=O) groups is 1. The summed E-state index contributed by atoms with van der Waals surface area (Å²) in [7, 11) is -2.35. The minimum Gasteiger partial charge on any atom is -0.346 e. The van der Waals surface area contributed by atoms with Crippen molar-refractivity contribution in [2.24, 2.45) is 0 Å². The number of carbonyl (C=O) groups excluding carboxylic acids is 1. The molecule has 1 aromatic rings. The molecule has 0 saturated heterocycles. The molecule has 8 heteroatoms. The van der Waals surface area contributed by atoms with Gasteiger partial charge in [-0.1, -0.05) is 0 Å². The molecule has 1 amide bonds. The largest absolute Gasteiger partial charge is 0.346 e. The summed E-state index contributed by atoms with van der Waals surface area (Å²) in [5, 5.41) is 0. The van der Waals surface area contributed by atoms with Crippen molar-refractivity contribution in [3.8, 4) is 0 Å². The zero-order valence-corrected chi connectivity index (χ0v) is 12.0. The molecule has 0 aliphatic heterocycles. The van der Waals surface area contributed by atoms with Gasteiger partial charge in [-0.05, 0) is 25.1 Å². The lowest BCUT2D eigenvalue weighted by molar-refractivity contribution is -0.129. The van der Waals surface area contributed by atoms with Gasteiger partial charge in [0.25, 0.3) is 0 Å². The topological polar surface area (TPSA) is 66.5 Å². The third-order valence-corrected chi connectivity index (χ3v) is 4.19. The third-order valence-electron chi connectivity index (χ3n) is 2.73. The molecule has 20 heavy (non-hydrogen) atoms. The highest BCUT2D eigenvalue weighted by atomic mass is 32.2. The zero-order chi connectivity index (χ0) is 15.3. The first-order chi connectivity index (χ1) is 9.27. The molecule has 5 nitrogen and oxygen atoms in total. The Labute approximate surface area is 116 Å². The first-order valence-electron chi connectivity index (χ1n) is 5.96. The van der Waals surface area contributed by atoms with Crippen molar-refractivity contribution in [1.29, 1.82) is 0 Å². The van der Waals surface area contributed by atoms with Gasteiger partial charge in [-0.15, -0.1) is 0 Å². The van der Waals surface area contributed by atoms with E-state index in [0.717, 1.165) is 12.1 Å². The van der Waals surface area contributed by atoms with Crippen molar-refractivity contribution < 1.29 is 22.0 Å². The van der Waals surface area contributed by atoms with Crippen molar-refractivity contribution in [3.63, 3.8) is 0 Å². The SMILES string of the molecule is CCN(C)C(=O)CCNS(=O)(=O)c1ccc(F)c(F)c1. The van der Waals surface area contributed by atoms with Crippen molar-refractivity contribution in [3.05, 3.63) is 29.8 Å². The van der Waals surface area contributed by atoms with Crippen LogP contribution in [0.25, 0.3) is 0 Å². The fourth-order valence-electron chi connectivity index (χ4n) is 1.39. The summed E-state index contributed by atoms with van der Waals surface area (Å²) in [6.07, 6.45) is -0.00670. The van der Waals surface area contributed by atoms with Gasteiger partial charge in [-0.2, -0.15) is 0 Å². The van der Waals surface area contributed by atoms with Crippen LogP contribution < -0.4 is 4.72 Å². The summed E-state index contributed by atoms with van der Waals surface area (Å²) < 4.78 is 51.5. The summed E-state index contributed by atoms with van der Waals surface area (Å²) in [6, 6.07) is 2.29. The maximum absolute atomic E-state index is 13.0. The maximum Gasteiger partial charge on any atom is 0.240 e. The Hall–Kier alpha value is -1.54. The number of hydrogen-bond acceptors (Lipinski definition) is 3. The molecule has 0 spiro atoms. The predicted octanol–water partition coefficient (Wildman–Crippen LogP) is 1.11. The Morgan fingerprint density at radius 2 is 1.95 bits per heavy atom. The maximum atomic E-state index is 13.0. The zero-order valence-electron chi connectivity index (χ0n) is 11.2. The second-order valence-corrected chi connectivity index (χ2v) is 5.90. The molecule has 0 unspecified atom stereocenters. The number of amides is 1. The molecule has 0 atom stereocenters. The second kappa shape index (κ2) is 6.76. The molecule has 1 aromatic carbocycles. The second-order valence-electron chi connectivity index (χ2n) is 4.13. The van der Waals surface area contributed by atoms with Crippen LogP contribution in [-0.4, -0.2) is 39.4 Å². The van der Waals surface area contributed by atoms with Crippen LogP contribution in [0.4, 0.5) is 8.78 Å². The van der Waals surface area contributed by atoms with Crippen LogP contribution in [0.5, 0.6) is 0 Å². The van der Waals surface area contributed by atoms with E-state index in [1.54, 1.807) is 14.0 Å². The number of nitrogens with one attached hydrogen (secondary N) is 1. The quantitative estimate of drug-likeness (QED) is 0.856. The standard InChI is InChI=1S/C12H16F2N2O3S/c1-3-16(2)12(17)6-7-15-20(18,19)9-4-5-10(13)11(14)8-9/h4-5,8,15H,3,6-7H2,1-2H3. The van der Waals surface area contributed by atoms with Crippen LogP contribution >= 0.6 is 0 Å². The Bertz CT molecular complexity index is 590. The fraction of sp³-hybridized carbons (Fsp3) is 0.417. The summed E-state index contributed by atoms with van der Waals surface area (Å²) in [5.41, 5.74) is 0. The summed E-state index contributed by atoms with van der Waals surface area (Å²) in [6.45, 7) is 2.21. The first-order valence-corrected chi connectivity index (χ1v) is 7.45.